The second-order valence-electron chi connectivity index (χ2n) is 4.63. The van der Waals surface area contributed by atoms with Crippen LogP contribution in [0.2, 0.25) is 0 Å². The van der Waals surface area contributed by atoms with Gasteiger partial charge in [-0.25, -0.2) is 0 Å². The zero-order chi connectivity index (χ0) is 11.7. The predicted octanol–water partition coefficient (Wildman–Crippen LogP) is 2.00. The number of H-pyrrole nitrogens is 1. The maximum atomic E-state index is 5.79. The molecule has 2 heterocycles. The summed E-state index contributed by atoms with van der Waals surface area (Å²) in [5.74, 6) is 0.901. The summed E-state index contributed by atoms with van der Waals surface area (Å²) in [7, 11) is 0. The Labute approximate surface area is 100 Å². The fourth-order valence-corrected chi connectivity index (χ4v) is 2.31. The molecule has 0 aliphatic carbocycles. The van der Waals surface area contributed by atoms with Gasteiger partial charge in [0.25, 0.3) is 0 Å². The first-order valence-electron chi connectivity index (χ1n) is 6.14. The van der Waals surface area contributed by atoms with Crippen LogP contribution in [0.3, 0.4) is 0 Å². The topological polar surface area (TPSA) is 49.9 Å². The summed E-state index contributed by atoms with van der Waals surface area (Å²) in [4.78, 5) is 0. The minimum absolute atomic E-state index is 0.506. The Hall–Kier alpha value is -1.55. The molecule has 0 spiro atoms. The molecule has 0 radical (unpaired) electrons. The van der Waals surface area contributed by atoms with Crippen molar-refractivity contribution in [3.63, 3.8) is 0 Å². The highest BCUT2D eigenvalue weighted by atomic mass is 16.5. The number of nitrogens with zero attached hydrogens (tertiary/aromatic N) is 1. The Morgan fingerprint density at radius 3 is 3.24 bits per heavy atom. The number of ether oxygens (including phenoxy) is 1. The second-order valence-corrected chi connectivity index (χ2v) is 4.63. The first-order valence-corrected chi connectivity index (χ1v) is 6.14. The van der Waals surface area contributed by atoms with E-state index in [0.717, 1.165) is 35.5 Å². The molecule has 1 atom stereocenters. The zero-order valence-electron chi connectivity index (χ0n) is 9.99. The smallest absolute Gasteiger partial charge is 0.121 e. The van der Waals surface area contributed by atoms with Crippen LogP contribution in [0.15, 0.2) is 18.2 Å². The fraction of sp³-hybridized carbons (Fsp3) is 0.462. The van der Waals surface area contributed by atoms with Crippen LogP contribution < -0.4 is 10.1 Å². The van der Waals surface area contributed by atoms with Crippen molar-refractivity contribution in [1.29, 1.82) is 0 Å². The summed E-state index contributed by atoms with van der Waals surface area (Å²) in [5, 5.41) is 11.8. The molecular formula is C13H17N3O. The van der Waals surface area contributed by atoms with Crippen molar-refractivity contribution in [2.24, 2.45) is 0 Å². The average molecular weight is 231 g/mol. The lowest BCUT2D eigenvalue weighted by atomic mass is 10.2. The van der Waals surface area contributed by atoms with Crippen molar-refractivity contribution >= 4 is 10.9 Å². The quantitative estimate of drug-likeness (QED) is 0.849. The molecule has 1 saturated heterocycles. The molecule has 4 nitrogen and oxygen atoms in total. The molecule has 1 aliphatic heterocycles. The second kappa shape index (κ2) is 4.37. The van der Waals surface area contributed by atoms with Crippen LogP contribution in [0.25, 0.3) is 10.9 Å². The highest BCUT2D eigenvalue weighted by molar-refractivity contribution is 5.82. The molecule has 1 fully saturated rings. The maximum absolute atomic E-state index is 5.79. The van der Waals surface area contributed by atoms with E-state index in [1.165, 1.54) is 12.8 Å². The molecule has 1 unspecified atom stereocenters. The lowest BCUT2D eigenvalue weighted by Gasteiger charge is -2.11. The molecule has 1 aromatic heterocycles. The number of nitrogens with one attached hydrogen (secondary N) is 2. The summed E-state index contributed by atoms with van der Waals surface area (Å²) in [5.41, 5.74) is 2.07. The van der Waals surface area contributed by atoms with Crippen LogP contribution in [-0.2, 0) is 0 Å². The number of rotatable bonds is 3. The third-order valence-electron chi connectivity index (χ3n) is 3.33. The summed E-state index contributed by atoms with van der Waals surface area (Å²) in [6.07, 6.45) is 2.47. The molecule has 1 aromatic carbocycles. The van der Waals surface area contributed by atoms with Gasteiger partial charge in [-0.15, -0.1) is 0 Å². The van der Waals surface area contributed by atoms with E-state index in [0.29, 0.717) is 6.04 Å². The van der Waals surface area contributed by atoms with Gasteiger partial charge < -0.3 is 10.1 Å². The van der Waals surface area contributed by atoms with Crippen molar-refractivity contribution in [2.45, 2.75) is 25.8 Å². The Kier molecular flexibility index (Phi) is 2.73. The number of fused-ring (bicyclic) bond motifs is 1. The van der Waals surface area contributed by atoms with Gasteiger partial charge in [0.15, 0.2) is 0 Å². The van der Waals surface area contributed by atoms with E-state index < -0.39 is 0 Å². The summed E-state index contributed by atoms with van der Waals surface area (Å²) in [6.45, 7) is 3.89. The molecule has 0 bridgehead atoms. The highest BCUT2D eigenvalue weighted by Gasteiger charge is 2.14. The number of aromatic amines is 1. The van der Waals surface area contributed by atoms with Gasteiger partial charge in [0.1, 0.15) is 12.4 Å². The van der Waals surface area contributed by atoms with E-state index in [-0.39, 0.29) is 0 Å². The SMILES string of the molecule is Cc1[nH]nc2cc(OCC3CCCN3)ccc12. The summed E-state index contributed by atoms with van der Waals surface area (Å²) in [6, 6.07) is 6.57. The van der Waals surface area contributed by atoms with Crippen molar-refractivity contribution in [3.8, 4) is 5.75 Å². The van der Waals surface area contributed by atoms with E-state index in [9.17, 15) is 0 Å². The van der Waals surface area contributed by atoms with Gasteiger partial charge >= 0.3 is 0 Å². The third-order valence-corrected chi connectivity index (χ3v) is 3.33. The molecule has 0 saturated carbocycles. The van der Waals surface area contributed by atoms with Crippen LogP contribution in [0.4, 0.5) is 0 Å². The molecular weight excluding hydrogens is 214 g/mol. The summed E-state index contributed by atoms with van der Waals surface area (Å²) >= 11 is 0. The zero-order valence-corrected chi connectivity index (χ0v) is 9.99. The number of aryl methyl sites for hydroxylation is 1. The number of hydrogen-bond acceptors (Lipinski definition) is 3. The minimum atomic E-state index is 0.506. The predicted molar refractivity (Wildman–Crippen MR) is 67.4 cm³/mol. The summed E-state index contributed by atoms with van der Waals surface area (Å²) < 4.78 is 5.79. The first kappa shape index (κ1) is 10.6. The Morgan fingerprint density at radius 1 is 1.47 bits per heavy atom. The van der Waals surface area contributed by atoms with Gasteiger partial charge in [-0.05, 0) is 38.4 Å². The van der Waals surface area contributed by atoms with Gasteiger partial charge in [-0.1, -0.05) is 0 Å². The van der Waals surface area contributed by atoms with Crippen molar-refractivity contribution in [2.75, 3.05) is 13.2 Å². The van der Waals surface area contributed by atoms with E-state index in [4.69, 9.17) is 4.74 Å². The van der Waals surface area contributed by atoms with Gasteiger partial charge in [-0.2, -0.15) is 5.10 Å². The Bertz CT molecular complexity index is 514. The van der Waals surface area contributed by atoms with Crippen LogP contribution in [-0.4, -0.2) is 29.4 Å². The molecule has 2 N–H and O–H groups in total. The molecule has 0 amide bonds. The average Bonchev–Trinajstić information content (AvgIpc) is 2.97. The normalized spacial score (nSPS) is 19.9. The van der Waals surface area contributed by atoms with E-state index in [1.54, 1.807) is 0 Å². The molecule has 2 aromatic rings. The van der Waals surface area contributed by atoms with Gasteiger partial charge in [0.05, 0.1) is 5.52 Å². The van der Waals surface area contributed by atoms with Crippen LogP contribution >= 0.6 is 0 Å². The molecule has 1 aliphatic rings. The lowest BCUT2D eigenvalue weighted by molar-refractivity contribution is 0.277. The third kappa shape index (κ3) is 2.13. The van der Waals surface area contributed by atoms with Gasteiger partial charge in [0.2, 0.25) is 0 Å². The standard InChI is InChI=1S/C13H17N3O/c1-9-12-5-4-11(7-13(12)16-15-9)17-8-10-3-2-6-14-10/h4-5,7,10,14H,2-3,6,8H2,1H3,(H,15,16). The van der Waals surface area contributed by atoms with Crippen molar-refractivity contribution in [3.05, 3.63) is 23.9 Å². The number of hydrogen-bond donors (Lipinski definition) is 2. The molecule has 90 valence electrons. The van der Waals surface area contributed by atoms with Crippen molar-refractivity contribution < 1.29 is 4.74 Å². The fourth-order valence-electron chi connectivity index (χ4n) is 2.31. The maximum Gasteiger partial charge on any atom is 0.121 e. The van der Waals surface area contributed by atoms with E-state index >= 15 is 0 Å². The van der Waals surface area contributed by atoms with E-state index in [2.05, 4.69) is 21.6 Å². The minimum Gasteiger partial charge on any atom is -0.492 e. The van der Waals surface area contributed by atoms with Gasteiger partial charge in [0, 0.05) is 23.2 Å². The number of benzene rings is 1. The van der Waals surface area contributed by atoms with Crippen LogP contribution in [0, 0.1) is 6.92 Å². The van der Waals surface area contributed by atoms with Crippen LogP contribution in [0.1, 0.15) is 18.5 Å². The lowest BCUT2D eigenvalue weighted by Crippen LogP contribution is -2.28. The van der Waals surface area contributed by atoms with Gasteiger partial charge in [-0.3, -0.25) is 5.10 Å². The Balaban J connectivity index is 1.72. The monoisotopic (exact) mass is 231 g/mol. The first-order chi connectivity index (χ1) is 8.33. The largest absolute Gasteiger partial charge is 0.492 e. The highest BCUT2D eigenvalue weighted by Crippen LogP contribution is 2.21. The van der Waals surface area contributed by atoms with E-state index in [1.807, 2.05) is 19.1 Å². The molecule has 4 heteroatoms. The molecule has 17 heavy (non-hydrogen) atoms. The number of aromatic nitrogens is 2. The van der Waals surface area contributed by atoms with Crippen LogP contribution in [0.5, 0.6) is 5.75 Å². The Morgan fingerprint density at radius 2 is 2.41 bits per heavy atom. The van der Waals surface area contributed by atoms with Crippen molar-refractivity contribution in [1.82, 2.24) is 15.5 Å². The molecule has 3 rings (SSSR count).